The molecule has 94 valence electrons. The molecule has 0 aromatic carbocycles. The molecule has 3 N–H and O–H groups in total. The van der Waals surface area contributed by atoms with Crippen molar-refractivity contribution in [3.8, 4) is 0 Å². The molecule has 4 nitrogen and oxygen atoms in total. The van der Waals surface area contributed by atoms with Crippen molar-refractivity contribution >= 4 is 5.96 Å². The Bertz CT molecular complexity index is 261. The molecule has 0 bridgehead atoms. The summed E-state index contributed by atoms with van der Waals surface area (Å²) in [5.41, 5.74) is 5.92. The van der Waals surface area contributed by atoms with Gasteiger partial charge in [-0.25, -0.2) is 4.99 Å². The van der Waals surface area contributed by atoms with Crippen LogP contribution in [0, 0.1) is 5.41 Å². The van der Waals surface area contributed by atoms with Crippen molar-refractivity contribution in [2.24, 2.45) is 16.1 Å². The van der Waals surface area contributed by atoms with Gasteiger partial charge in [0.05, 0.1) is 12.1 Å². The summed E-state index contributed by atoms with van der Waals surface area (Å²) in [6.07, 6.45) is 1.29. The van der Waals surface area contributed by atoms with Crippen LogP contribution in [0.4, 0.5) is 0 Å². The predicted octanol–water partition coefficient (Wildman–Crippen LogP) is 1.50. The van der Waals surface area contributed by atoms with Gasteiger partial charge < -0.3 is 15.8 Å². The molecule has 16 heavy (non-hydrogen) atoms. The molecule has 1 aliphatic carbocycles. The van der Waals surface area contributed by atoms with Crippen molar-refractivity contribution in [1.82, 2.24) is 5.32 Å². The Hall–Kier alpha value is -0.770. The Balaban J connectivity index is 2.52. The van der Waals surface area contributed by atoms with Crippen LogP contribution in [-0.4, -0.2) is 30.8 Å². The van der Waals surface area contributed by atoms with E-state index < -0.39 is 0 Å². The van der Waals surface area contributed by atoms with Crippen LogP contribution in [0.15, 0.2) is 4.99 Å². The summed E-state index contributed by atoms with van der Waals surface area (Å²) in [6, 6.07) is 0.602. The molecule has 0 spiro atoms. The SMILES string of the molecule is CCOC1CC(N=C(N)NC(C)C)C1(C)C. The summed E-state index contributed by atoms with van der Waals surface area (Å²) in [5, 5.41) is 3.11. The second kappa shape index (κ2) is 5.04. The normalized spacial score (nSPS) is 29.0. The highest BCUT2D eigenvalue weighted by atomic mass is 16.5. The van der Waals surface area contributed by atoms with Gasteiger partial charge in [0.1, 0.15) is 0 Å². The van der Waals surface area contributed by atoms with E-state index in [9.17, 15) is 0 Å². The number of nitrogens with one attached hydrogen (secondary N) is 1. The minimum absolute atomic E-state index is 0.0965. The molecule has 1 rings (SSSR count). The van der Waals surface area contributed by atoms with E-state index in [1.54, 1.807) is 0 Å². The van der Waals surface area contributed by atoms with Crippen LogP contribution in [0.25, 0.3) is 0 Å². The summed E-state index contributed by atoms with van der Waals surface area (Å²) in [4.78, 5) is 4.51. The van der Waals surface area contributed by atoms with Crippen LogP contribution < -0.4 is 11.1 Å². The monoisotopic (exact) mass is 227 g/mol. The van der Waals surface area contributed by atoms with E-state index in [1.807, 2.05) is 6.92 Å². The van der Waals surface area contributed by atoms with Gasteiger partial charge in [-0.2, -0.15) is 0 Å². The maximum Gasteiger partial charge on any atom is 0.189 e. The standard InChI is InChI=1S/C12H25N3O/c1-6-16-10-7-9(12(10,4)5)15-11(13)14-8(2)3/h8-10H,6-7H2,1-5H3,(H3,13,14,15). The Morgan fingerprint density at radius 3 is 2.62 bits per heavy atom. The van der Waals surface area contributed by atoms with Gasteiger partial charge in [-0.05, 0) is 27.2 Å². The lowest BCUT2D eigenvalue weighted by molar-refractivity contribution is -0.103. The fraction of sp³-hybridized carbons (Fsp3) is 0.917. The number of ether oxygens (including phenoxy) is 1. The van der Waals surface area contributed by atoms with Crippen LogP contribution in [-0.2, 0) is 4.74 Å². The number of rotatable bonds is 4. The maximum atomic E-state index is 5.82. The highest BCUT2D eigenvalue weighted by Gasteiger charge is 2.49. The lowest BCUT2D eigenvalue weighted by atomic mass is 9.65. The first kappa shape index (κ1) is 13.3. The smallest absolute Gasteiger partial charge is 0.189 e. The van der Waals surface area contributed by atoms with Crippen molar-refractivity contribution in [2.45, 2.75) is 59.2 Å². The van der Waals surface area contributed by atoms with Crippen molar-refractivity contribution in [3.63, 3.8) is 0 Å². The van der Waals surface area contributed by atoms with Gasteiger partial charge in [-0.15, -0.1) is 0 Å². The van der Waals surface area contributed by atoms with Gasteiger partial charge >= 0.3 is 0 Å². The lowest BCUT2D eigenvalue weighted by Gasteiger charge is -2.49. The first-order chi connectivity index (χ1) is 7.37. The minimum Gasteiger partial charge on any atom is -0.378 e. The number of nitrogens with zero attached hydrogens (tertiary/aromatic N) is 1. The molecule has 1 saturated carbocycles. The largest absolute Gasteiger partial charge is 0.378 e. The predicted molar refractivity (Wildman–Crippen MR) is 67.5 cm³/mol. The Labute approximate surface area is 98.6 Å². The summed E-state index contributed by atoms with van der Waals surface area (Å²) >= 11 is 0. The highest BCUT2D eigenvalue weighted by Crippen LogP contribution is 2.44. The van der Waals surface area contributed by atoms with E-state index in [0.717, 1.165) is 13.0 Å². The van der Waals surface area contributed by atoms with Gasteiger partial charge in [0, 0.05) is 18.1 Å². The van der Waals surface area contributed by atoms with Gasteiger partial charge in [0.15, 0.2) is 5.96 Å². The molecule has 0 saturated heterocycles. The third-order valence-electron chi connectivity index (χ3n) is 3.23. The van der Waals surface area contributed by atoms with E-state index in [0.29, 0.717) is 18.1 Å². The van der Waals surface area contributed by atoms with Crippen molar-refractivity contribution in [3.05, 3.63) is 0 Å². The maximum absolute atomic E-state index is 5.82. The fourth-order valence-corrected chi connectivity index (χ4v) is 2.07. The number of nitrogens with two attached hydrogens (primary N) is 1. The third-order valence-corrected chi connectivity index (χ3v) is 3.23. The van der Waals surface area contributed by atoms with Crippen molar-refractivity contribution < 1.29 is 4.74 Å². The number of aliphatic imine (C=N–C) groups is 1. The summed E-state index contributed by atoms with van der Waals surface area (Å²) in [6.45, 7) is 11.3. The molecule has 1 aliphatic rings. The number of hydrogen-bond donors (Lipinski definition) is 2. The molecule has 0 aliphatic heterocycles. The molecular formula is C12H25N3O. The minimum atomic E-state index is 0.0965. The molecule has 0 radical (unpaired) electrons. The molecule has 1 fully saturated rings. The van der Waals surface area contributed by atoms with Gasteiger partial charge in [-0.3, -0.25) is 0 Å². The quantitative estimate of drug-likeness (QED) is 0.565. The Morgan fingerprint density at radius 2 is 2.19 bits per heavy atom. The molecule has 4 heteroatoms. The van der Waals surface area contributed by atoms with Crippen LogP contribution in [0.5, 0.6) is 0 Å². The zero-order valence-corrected chi connectivity index (χ0v) is 11.1. The summed E-state index contributed by atoms with van der Waals surface area (Å²) in [7, 11) is 0. The molecule has 0 heterocycles. The van der Waals surface area contributed by atoms with E-state index >= 15 is 0 Å². The second-order valence-corrected chi connectivity index (χ2v) is 5.33. The molecule has 0 aromatic rings. The van der Waals surface area contributed by atoms with Crippen LogP contribution >= 0.6 is 0 Å². The fourth-order valence-electron chi connectivity index (χ4n) is 2.07. The van der Waals surface area contributed by atoms with Crippen molar-refractivity contribution in [2.75, 3.05) is 6.61 Å². The van der Waals surface area contributed by atoms with Gasteiger partial charge in [0.25, 0.3) is 0 Å². The average molecular weight is 227 g/mol. The van der Waals surface area contributed by atoms with E-state index in [2.05, 4.69) is 38.0 Å². The molecule has 2 unspecified atom stereocenters. The third kappa shape index (κ3) is 2.88. The molecule has 0 amide bonds. The van der Waals surface area contributed by atoms with E-state index in [4.69, 9.17) is 10.5 Å². The van der Waals surface area contributed by atoms with Crippen LogP contribution in [0.1, 0.15) is 41.0 Å². The van der Waals surface area contributed by atoms with Crippen LogP contribution in [0.2, 0.25) is 0 Å². The average Bonchev–Trinajstić information content (AvgIpc) is 2.15. The lowest BCUT2D eigenvalue weighted by Crippen LogP contribution is -2.55. The molecule has 2 atom stereocenters. The Morgan fingerprint density at radius 1 is 1.56 bits per heavy atom. The second-order valence-electron chi connectivity index (χ2n) is 5.33. The van der Waals surface area contributed by atoms with Crippen molar-refractivity contribution in [1.29, 1.82) is 0 Å². The topological polar surface area (TPSA) is 59.6 Å². The van der Waals surface area contributed by atoms with Gasteiger partial charge in [0.2, 0.25) is 0 Å². The van der Waals surface area contributed by atoms with Crippen LogP contribution in [0.3, 0.4) is 0 Å². The Kier molecular flexibility index (Phi) is 4.19. The number of guanidine groups is 1. The van der Waals surface area contributed by atoms with E-state index in [-0.39, 0.29) is 11.5 Å². The molecular weight excluding hydrogens is 202 g/mol. The zero-order chi connectivity index (χ0) is 12.3. The van der Waals surface area contributed by atoms with E-state index in [1.165, 1.54) is 0 Å². The highest BCUT2D eigenvalue weighted by molar-refractivity contribution is 5.78. The zero-order valence-electron chi connectivity index (χ0n) is 11.1. The first-order valence-electron chi connectivity index (χ1n) is 6.09. The number of hydrogen-bond acceptors (Lipinski definition) is 2. The summed E-state index contributed by atoms with van der Waals surface area (Å²) < 4.78 is 5.66. The first-order valence-corrected chi connectivity index (χ1v) is 6.09. The molecule has 0 aromatic heterocycles. The summed E-state index contributed by atoms with van der Waals surface area (Å²) in [5.74, 6) is 0.544. The van der Waals surface area contributed by atoms with Gasteiger partial charge in [-0.1, -0.05) is 13.8 Å².